The summed E-state index contributed by atoms with van der Waals surface area (Å²) in [4.78, 5) is 22.3. The molecule has 1 unspecified atom stereocenters. The molecule has 1 aliphatic heterocycles. The third-order valence-electron chi connectivity index (χ3n) is 4.96. The maximum absolute atomic E-state index is 13.4. The number of imidazole rings is 1. The molecular weight excluding hydrogens is 319 g/mol. The average molecular weight is 340 g/mol. The molecule has 2 aromatic heterocycles. The Morgan fingerprint density at radius 3 is 3.12 bits per heavy atom. The number of aromatic amines is 1. The van der Waals surface area contributed by atoms with E-state index in [2.05, 4.69) is 21.5 Å². The Morgan fingerprint density at radius 2 is 2.28 bits per heavy atom. The monoisotopic (exact) mass is 340 g/mol. The van der Waals surface area contributed by atoms with Gasteiger partial charge >= 0.3 is 0 Å². The molecule has 1 fully saturated rings. The van der Waals surface area contributed by atoms with E-state index in [1.165, 1.54) is 12.1 Å². The van der Waals surface area contributed by atoms with E-state index >= 15 is 0 Å². The summed E-state index contributed by atoms with van der Waals surface area (Å²) in [5, 5.41) is 0.722. The SMILES string of the molecule is CCc1nccn1C1CCCN(C(=O)c2cc3cc(F)ccc3[nH]2)C1. The molecule has 0 bridgehead atoms. The second-order valence-corrected chi connectivity index (χ2v) is 6.57. The molecular formula is C19H21FN4O. The minimum absolute atomic E-state index is 0.0283. The van der Waals surface area contributed by atoms with Crippen molar-refractivity contribution >= 4 is 16.8 Å². The number of aryl methyl sites for hydroxylation is 1. The number of nitrogens with zero attached hydrogens (tertiary/aromatic N) is 3. The molecule has 5 nitrogen and oxygen atoms in total. The number of hydrogen-bond donors (Lipinski definition) is 1. The summed E-state index contributed by atoms with van der Waals surface area (Å²) in [6, 6.07) is 6.51. The Balaban J connectivity index is 1.56. The highest BCUT2D eigenvalue weighted by atomic mass is 19.1. The van der Waals surface area contributed by atoms with Crippen molar-refractivity contribution in [2.75, 3.05) is 13.1 Å². The largest absolute Gasteiger partial charge is 0.351 e. The van der Waals surface area contributed by atoms with Gasteiger partial charge in [-0.25, -0.2) is 9.37 Å². The average Bonchev–Trinajstić information content (AvgIpc) is 3.27. The van der Waals surface area contributed by atoms with Crippen LogP contribution in [0.15, 0.2) is 36.7 Å². The topological polar surface area (TPSA) is 53.9 Å². The fraction of sp³-hybridized carbons (Fsp3) is 0.368. The van der Waals surface area contributed by atoms with Crippen LogP contribution >= 0.6 is 0 Å². The number of aromatic nitrogens is 3. The minimum atomic E-state index is -0.296. The van der Waals surface area contributed by atoms with Crippen molar-refractivity contribution in [3.05, 3.63) is 54.0 Å². The number of nitrogens with one attached hydrogen (secondary N) is 1. The molecule has 25 heavy (non-hydrogen) atoms. The zero-order chi connectivity index (χ0) is 17.4. The Hall–Kier alpha value is -2.63. The van der Waals surface area contributed by atoms with Gasteiger partial charge in [-0.1, -0.05) is 6.92 Å². The summed E-state index contributed by atoms with van der Waals surface area (Å²) < 4.78 is 15.6. The predicted octanol–water partition coefficient (Wildman–Crippen LogP) is 3.54. The Bertz CT molecular complexity index is 913. The smallest absolute Gasteiger partial charge is 0.270 e. The summed E-state index contributed by atoms with van der Waals surface area (Å²) in [7, 11) is 0. The van der Waals surface area contributed by atoms with Gasteiger partial charge in [0.15, 0.2) is 0 Å². The second kappa shape index (κ2) is 6.35. The lowest BCUT2D eigenvalue weighted by Crippen LogP contribution is -2.41. The van der Waals surface area contributed by atoms with E-state index in [1.807, 2.05) is 17.3 Å². The molecule has 6 heteroatoms. The van der Waals surface area contributed by atoms with Crippen LogP contribution in [0.4, 0.5) is 4.39 Å². The zero-order valence-corrected chi connectivity index (χ0v) is 14.2. The number of fused-ring (bicyclic) bond motifs is 1. The van der Waals surface area contributed by atoms with Crippen LogP contribution in [-0.4, -0.2) is 38.4 Å². The number of halogens is 1. The van der Waals surface area contributed by atoms with E-state index in [-0.39, 0.29) is 17.8 Å². The number of likely N-dealkylation sites (tertiary alicyclic amines) is 1. The molecule has 1 saturated heterocycles. The van der Waals surface area contributed by atoms with Crippen molar-refractivity contribution in [2.45, 2.75) is 32.2 Å². The number of rotatable bonds is 3. The first-order chi connectivity index (χ1) is 12.2. The second-order valence-electron chi connectivity index (χ2n) is 6.57. The molecule has 1 atom stereocenters. The normalized spacial score (nSPS) is 18.0. The van der Waals surface area contributed by atoms with Gasteiger partial charge in [0.05, 0.1) is 6.04 Å². The molecule has 0 spiro atoms. The van der Waals surface area contributed by atoms with Crippen molar-refractivity contribution in [3.8, 4) is 0 Å². The van der Waals surface area contributed by atoms with Gasteiger partial charge in [-0.3, -0.25) is 4.79 Å². The van der Waals surface area contributed by atoms with Crippen LogP contribution in [0.3, 0.4) is 0 Å². The first-order valence-electron chi connectivity index (χ1n) is 8.75. The van der Waals surface area contributed by atoms with Gasteiger partial charge in [-0.15, -0.1) is 0 Å². The van der Waals surface area contributed by atoms with Gasteiger partial charge in [0.25, 0.3) is 5.91 Å². The highest BCUT2D eigenvalue weighted by Crippen LogP contribution is 2.25. The molecule has 0 aliphatic carbocycles. The Labute approximate surface area is 145 Å². The van der Waals surface area contributed by atoms with E-state index in [0.717, 1.165) is 42.5 Å². The van der Waals surface area contributed by atoms with Crippen LogP contribution in [0.2, 0.25) is 0 Å². The maximum atomic E-state index is 13.4. The first kappa shape index (κ1) is 15.9. The lowest BCUT2D eigenvalue weighted by atomic mass is 10.0. The molecule has 0 radical (unpaired) electrons. The number of piperidine rings is 1. The molecule has 3 heterocycles. The third kappa shape index (κ3) is 2.92. The summed E-state index contributed by atoms with van der Waals surface area (Å²) in [5.74, 6) is 0.732. The number of carbonyl (C=O) groups is 1. The molecule has 130 valence electrons. The first-order valence-corrected chi connectivity index (χ1v) is 8.75. The van der Waals surface area contributed by atoms with E-state index in [1.54, 1.807) is 12.1 Å². The number of carbonyl (C=O) groups excluding carboxylic acids is 1. The van der Waals surface area contributed by atoms with E-state index in [0.29, 0.717) is 12.2 Å². The maximum Gasteiger partial charge on any atom is 0.270 e. The summed E-state index contributed by atoms with van der Waals surface area (Å²) >= 11 is 0. The van der Waals surface area contributed by atoms with E-state index in [4.69, 9.17) is 0 Å². The van der Waals surface area contributed by atoms with Crippen LogP contribution in [-0.2, 0) is 6.42 Å². The number of amides is 1. The van der Waals surface area contributed by atoms with Crippen molar-refractivity contribution in [1.82, 2.24) is 19.4 Å². The van der Waals surface area contributed by atoms with Gasteiger partial charge < -0.3 is 14.5 Å². The van der Waals surface area contributed by atoms with Crippen LogP contribution in [0.25, 0.3) is 10.9 Å². The lowest BCUT2D eigenvalue weighted by Gasteiger charge is -2.33. The van der Waals surface area contributed by atoms with Gasteiger partial charge in [0, 0.05) is 42.8 Å². The van der Waals surface area contributed by atoms with Crippen molar-refractivity contribution in [2.24, 2.45) is 0 Å². The summed E-state index contributed by atoms with van der Waals surface area (Å²) in [6.45, 7) is 3.51. The van der Waals surface area contributed by atoms with E-state index in [9.17, 15) is 9.18 Å². The molecule has 0 saturated carbocycles. The number of benzene rings is 1. The fourth-order valence-electron chi connectivity index (χ4n) is 3.71. The van der Waals surface area contributed by atoms with Crippen LogP contribution < -0.4 is 0 Å². The van der Waals surface area contributed by atoms with Crippen molar-refractivity contribution in [3.63, 3.8) is 0 Å². The van der Waals surface area contributed by atoms with Crippen molar-refractivity contribution in [1.29, 1.82) is 0 Å². The highest BCUT2D eigenvalue weighted by molar-refractivity contribution is 5.98. The summed E-state index contributed by atoms with van der Waals surface area (Å²) in [6.07, 6.45) is 6.72. The van der Waals surface area contributed by atoms with Crippen LogP contribution in [0.5, 0.6) is 0 Å². The molecule has 1 amide bonds. The van der Waals surface area contributed by atoms with Gasteiger partial charge in [-0.2, -0.15) is 0 Å². The minimum Gasteiger partial charge on any atom is -0.351 e. The fourth-order valence-corrected chi connectivity index (χ4v) is 3.71. The summed E-state index contributed by atoms with van der Waals surface area (Å²) in [5.41, 5.74) is 1.30. The molecule has 1 N–H and O–H groups in total. The lowest BCUT2D eigenvalue weighted by molar-refractivity contribution is 0.0673. The number of hydrogen-bond acceptors (Lipinski definition) is 2. The molecule has 1 aliphatic rings. The van der Waals surface area contributed by atoms with Crippen LogP contribution in [0, 0.1) is 5.82 Å². The van der Waals surface area contributed by atoms with Gasteiger partial charge in [0.2, 0.25) is 0 Å². The molecule has 1 aromatic carbocycles. The quantitative estimate of drug-likeness (QED) is 0.793. The van der Waals surface area contributed by atoms with Gasteiger partial charge in [0.1, 0.15) is 17.3 Å². The Morgan fingerprint density at radius 1 is 1.40 bits per heavy atom. The zero-order valence-electron chi connectivity index (χ0n) is 14.2. The molecule has 4 rings (SSSR count). The third-order valence-corrected chi connectivity index (χ3v) is 4.96. The van der Waals surface area contributed by atoms with E-state index < -0.39 is 0 Å². The van der Waals surface area contributed by atoms with Gasteiger partial charge in [-0.05, 0) is 37.1 Å². The van der Waals surface area contributed by atoms with Crippen LogP contribution in [0.1, 0.15) is 42.1 Å². The Kier molecular flexibility index (Phi) is 4.03. The number of H-pyrrole nitrogens is 1. The standard InChI is InChI=1S/C19H21FN4O/c1-2-18-21-7-9-24(18)15-4-3-8-23(12-15)19(25)17-11-13-10-14(20)5-6-16(13)22-17/h5-7,9-11,15,22H,2-4,8,12H2,1H3. The molecule has 3 aromatic rings. The predicted molar refractivity (Wildman–Crippen MR) is 94.0 cm³/mol. The van der Waals surface area contributed by atoms with Crippen molar-refractivity contribution < 1.29 is 9.18 Å². The highest BCUT2D eigenvalue weighted by Gasteiger charge is 2.27.